The van der Waals surface area contributed by atoms with E-state index < -0.39 is 0 Å². The summed E-state index contributed by atoms with van der Waals surface area (Å²) in [6, 6.07) is 9.59. The first-order valence-electron chi connectivity index (χ1n) is 9.08. The molecule has 1 aliphatic rings. The van der Waals surface area contributed by atoms with Crippen LogP contribution in [-0.4, -0.2) is 35.1 Å². The number of piperidine rings is 1. The fourth-order valence-electron chi connectivity index (χ4n) is 3.32. The first-order valence-corrected chi connectivity index (χ1v) is 9.08. The molecule has 1 aromatic heterocycles. The van der Waals surface area contributed by atoms with Gasteiger partial charge in [-0.25, -0.2) is 0 Å². The van der Waals surface area contributed by atoms with Crippen LogP contribution in [0.15, 0.2) is 41.3 Å². The van der Waals surface area contributed by atoms with Gasteiger partial charge in [0.25, 0.3) is 11.5 Å². The Morgan fingerprint density at radius 1 is 1.12 bits per heavy atom. The van der Waals surface area contributed by atoms with E-state index in [1.165, 1.54) is 5.56 Å². The molecular weight excluding hydrogens is 328 g/mol. The topological polar surface area (TPSA) is 51.5 Å². The summed E-state index contributed by atoms with van der Waals surface area (Å²) in [5, 5.41) is 0. The summed E-state index contributed by atoms with van der Waals surface area (Å²) in [5.41, 5.74) is 3.46. The predicted molar refractivity (Wildman–Crippen MR) is 102 cm³/mol. The first kappa shape index (κ1) is 18.2. The summed E-state index contributed by atoms with van der Waals surface area (Å²) in [5.74, 6) is 1.09. The van der Waals surface area contributed by atoms with E-state index in [1.807, 2.05) is 42.3 Å². The molecule has 0 radical (unpaired) electrons. The first-order chi connectivity index (χ1) is 12.4. The zero-order valence-electron chi connectivity index (χ0n) is 15.7. The number of rotatable bonds is 4. The summed E-state index contributed by atoms with van der Waals surface area (Å²) in [7, 11) is 1.75. The molecule has 0 N–H and O–H groups in total. The van der Waals surface area contributed by atoms with Crippen LogP contribution >= 0.6 is 0 Å². The van der Waals surface area contributed by atoms with Gasteiger partial charge in [-0.15, -0.1) is 0 Å². The molecule has 5 heteroatoms. The van der Waals surface area contributed by atoms with E-state index in [1.54, 1.807) is 17.7 Å². The lowest BCUT2D eigenvalue weighted by Gasteiger charge is -2.32. The maximum atomic E-state index is 12.4. The highest BCUT2D eigenvalue weighted by molar-refractivity contribution is 5.77. The number of likely N-dealkylation sites (tertiary alicyclic amines) is 1. The third kappa shape index (κ3) is 4.15. The number of aromatic nitrogens is 1. The highest BCUT2D eigenvalue weighted by atomic mass is 16.5. The minimum atomic E-state index is 0.0165. The van der Waals surface area contributed by atoms with Crippen molar-refractivity contribution in [1.82, 2.24) is 9.47 Å². The van der Waals surface area contributed by atoms with Crippen molar-refractivity contribution in [2.24, 2.45) is 7.05 Å². The van der Waals surface area contributed by atoms with Crippen molar-refractivity contribution in [3.05, 3.63) is 63.6 Å². The van der Waals surface area contributed by atoms with E-state index >= 15 is 0 Å². The van der Waals surface area contributed by atoms with Gasteiger partial charge in [-0.3, -0.25) is 9.59 Å². The Balaban J connectivity index is 1.52. The Kier molecular flexibility index (Phi) is 5.45. The fourth-order valence-corrected chi connectivity index (χ4v) is 3.32. The van der Waals surface area contributed by atoms with Crippen molar-refractivity contribution in [2.75, 3.05) is 19.7 Å². The molecule has 1 aromatic carbocycles. The van der Waals surface area contributed by atoms with Crippen LogP contribution in [0.3, 0.4) is 0 Å². The van der Waals surface area contributed by atoms with Crippen LogP contribution in [0.5, 0.6) is 5.75 Å². The van der Waals surface area contributed by atoms with Gasteiger partial charge >= 0.3 is 0 Å². The molecule has 0 bridgehead atoms. The Morgan fingerprint density at radius 2 is 1.85 bits per heavy atom. The molecule has 5 nitrogen and oxygen atoms in total. The lowest BCUT2D eigenvalue weighted by molar-refractivity contribution is -0.134. The summed E-state index contributed by atoms with van der Waals surface area (Å²) < 4.78 is 7.24. The Bertz CT molecular complexity index is 849. The quantitative estimate of drug-likeness (QED) is 0.848. The number of aryl methyl sites for hydroxylation is 3. The zero-order chi connectivity index (χ0) is 18.7. The SMILES string of the molecule is Cc1ccc(OCC(=O)N2CCC(c3ccn(C)c(=O)c3)CC2)cc1C. The van der Waals surface area contributed by atoms with Crippen LogP contribution in [0.1, 0.15) is 35.4 Å². The number of ether oxygens (including phenoxy) is 1. The fraction of sp³-hybridized carbons (Fsp3) is 0.429. The predicted octanol–water partition coefficient (Wildman–Crippen LogP) is 2.79. The second-order valence-electron chi connectivity index (χ2n) is 7.10. The number of benzene rings is 1. The smallest absolute Gasteiger partial charge is 0.260 e. The monoisotopic (exact) mass is 354 g/mol. The molecule has 0 unspecified atom stereocenters. The van der Waals surface area contributed by atoms with E-state index in [2.05, 4.69) is 6.92 Å². The number of hydrogen-bond donors (Lipinski definition) is 0. The van der Waals surface area contributed by atoms with Crippen molar-refractivity contribution in [1.29, 1.82) is 0 Å². The second kappa shape index (κ2) is 7.77. The van der Waals surface area contributed by atoms with Crippen molar-refractivity contribution < 1.29 is 9.53 Å². The zero-order valence-corrected chi connectivity index (χ0v) is 15.7. The van der Waals surface area contributed by atoms with E-state index in [9.17, 15) is 9.59 Å². The maximum Gasteiger partial charge on any atom is 0.260 e. The molecule has 138 valence electrons. The van der Waals surface area contributed by atoms with Gasteiger partial charge in [0.2, 0.25) is 0 Å². The summed E-state index contributed by atoms with van der Waals surface area (Å²) in [4.78, 5) is 26.1. The van der Waals surface area contributed by atoms with Crippen LogP contribution < -0.4 is 10.3 Å². The number of carbonyl (C=O) groups excluding carboxylic acids is 1. The van der Waals surface area contributed by atoms with Crippen LogP contribution in [0.25, 0.3) is 0 Å². The maximum absolute atomic E-state index is 12.4. The standard InChI is InChI=1S/C21H26N2O3/c1-15-4-5-19(12-16(15)2)26-14-21(25)23-10-7-17(8-11-23)18-6-9-22(3)20(24)13-18/h4-6,9,12-13,17H,7-8,10-11,14H2,1-3H3. The van der Waals surface area contributed by atoms with Crippen LogP contribution in [0.4, 0.5) is 0 Å². The molecule has 26 heavy (non-hydrogen) atoms. The molecule has 1 fully saturated rings. The molecule has 0 aliphatic carbocycles. The largest absolute Gasteiger partial charge is 0.484 e. The van der Waals surface area contributed by atoms with Crippen molar-refractivity contribution in [3.8, 4) is 5.75 Å². The average Bonchev–Trinajstić information content (AvgIpc) is 2.65. The molecule has 0 spiro atoms. The number of amides is 1. The second-order valence-corrected chi connectivity index (χ2v) is 7.10. The lowest BCUT2D eigenvalue weighted by atomic mass is 9.90. The molecule has 3 rings (SSSR count). The van der Waals surface area contributed by atoms with Crippen molar-refractivity contribution in [3.63, 3.8) is 0 Å². The molecule has 0 atom stereocenters. The van der Waals surface area contributed by atoms with Crippen molar-refractivity contribution >= 4 is 5.91 Å². The van der Waals surface area contributed by atoms with Crippen molar-refractivity contribution in [2.45, 2.75) is 32.6 Å². The molecule has 2 heterocycles. The van der Waals surface area contributed by atoms with Gasteiger partial charge in [0.1, 0.15) is 5.75 Å². The molecule has 1 amide bonds. The van der Waals surface area contributed by atoms with E-state index in [4.69, 9.17) is 4.74 Å². The van der Waals surface area contributed by atoms with E-state index in [-0.39, 0.29) is 18.1 Å². The van der Waals surface area contributed by atoms with Gasteiger partial charge in [0.15, 0.2) is 6.61 Å². The van der Waals surface area contributed by atoms with Gasteiger partial charge in [0.05, 0.1) is 0 Å². The Morgan fingerprint density at radius 3 is 2.50 bits per heavy atom. The van der Waals surface area contributed by atoms with E-state index in [0.29, 0.717) is 19.0 Å². The highest BCUT2D eigenvalue weighted by Crippen LogP contribution is 2.27. The summed E-state index contributed by atoms with van der Waals surface area (Å²) >= 11 is 0. The van der Waals surface area contributed by atoms with Crippen LogP contribution in [0.2, 0.25) is 0 Å². The number of pyridine rings is 1. The molecular formula is C21H26N2O3. The molecule has 2 aromatic rings. The third-order valence-electron chi connectivity index (χ3n) is 5.29. The summed E-state index contributed by atoms with van der Waals surface area (Å²) in [6.45, 7) is 5.56. The van der Waals surface area contributed by atoms with Gasteiger partial charge < -0.3 is 14.2 Å². The van der Waals surface area contributed by atoms with Gasteiger partial charge in [-0.2, -0.15) is 0 Å². The lowest BCUT2D eigenvalue weighted by Crippen LogP contribution is -2.40. The molecule has 1 saturated heterocycles. The van der Waals surface area contributed by atoms with E-state index in [0.717, 1.165) is 29.7 Å². The summed E-state index contributed by atoms with van der Waals surface area (Å²) in [6.07, 6.45) is 3.57. The van der Waals surface area contributed by atoms with Gasteiger partial charge in [-0.1, -0.05) is 6.07 Å². The minimum absolute atomic E-state index is 0.0165. The van der Waals surface area contributed by atoms with Crippen LogP contribution in [-0.2, 0) is 11.8 Å². The number of carbonyl (C=O) groups is 1. The van der Waals surface area contributed by atoms with Gasteiger partial charge in [0, 0.05) is 32.4 Å². The Labute approximate surface area is 154 Å². The molecule has 1 aliphatic heterocycles. The van der Waals surface area contributed by atoms with Gasteiger partial charge in [-0.05, 0) is 67.5 Å². The van der Waals surface area contributed by atoms with Crippen LogP contribution in [0, 0.1) is 13.8 Å². The highest BCUT2D eigenvalue weighted by Gasteiger charge is 2.24. The number of nitrogens with zero attached hydrogens (tertiary/aromatic N) is 2. The minimum Gasteiger partial charge on any atom is -0.484 e. The third-order valence-corrected chi connectivity index (χ3v) is 5.29. The molecule has 0 saturated carbocycles. The number of hydrogen-bond acceptors (Lipinski definition) is 3. The normalized spacial score (nSPS) is 15.1. The Hall–Kier alpha value is -2.56. The average molecular weight is 354 g/mol.